The van der Waals surface area contributed by atoms with E-state index in [1.165, 1.54) is 17.3 Å². The van der Waals surface area contributed by atoms with Crippen LogP contribution in [0.2, 0.25) is 0 Å². The van der Waals surface area contributed by atoms with Gasteiger partial charge in [0.1, 0.15) is 24.3 Å². The molecule has 1 saturated heterocycles. The van der Waals surface area contributed by atoms with Crippen LogP contribution in [0, 0.1) is 17.6 Å². The van der Waals surface area contributed by atoms with E-state index in [4.69, 9.17) is 0 Å². The lowest BCUT2D eigenvalue weighted by Gasteiger charge is -2.32. The Labute approximate surface area is 159 Å². The van der Waals surface area contributed by atoms with Crippen molar-refractivity contribution >= 4 is 17.4 Å². The van der Waals surface area contributed by atoms with Crippen LogP contribution >= 0.6 is 0 Å². The van der Waals surface area contributed by atoms with Gasteiger partial charge in [-0.2, -0.15) is 5.10 Å². The molecule has 1 aromatic carbocycles. The van der Waals surface area contributed by atoms with Crippen LogP contribution in [0.4, 0.5) is 20.3 Å². The topological polar surface area (TPSA) is 88.8 Å². The van der Waals surface area contributed by atoms with Crippen molar-refractivity contribution in [3.63, 3.8) is 0 Å². The van der Waals surface area contributed by atoms with E-state index in [-0.39, 0.29) is 17.5 Å². The molecule has 0 saturated carbocycles. The number of benzene rings is 1. The number of rotatable bonds is 4. The van der Waals surface area contributed by atoms with Gasteiger partial charge in [-0.15, -0.1) is 10.2 Å². The lowest BCUT2D eigenvalue weighted by molar-refractivity contribution is -0.120. The first-order valence-electron chi connectivity index (χ1n) is 8.80. The minimum absolute atomic E-state index is 0.154. The zero-order chi connectivity index (χ0) is 19.5. The zero-order valence-corrected chi connectivity index (χ0v) is 14.8. The van der Waals surface area contributed by atoms with E-state index in [2.05, 4.69) is 25.6 Å². The summed E-state index contributed by atoms with van der Waals surface area (Å²) in [5, 5.41) is 14.8. The Hall–Kier alpha value is -3.43. The number of carbonyl (C=O) groups excluding carboxylic acids is 1. The molecule has 0 bridgehead atoms. The third-order valence-corrected chi connectivity index (χ3v) is 4.59. The first-order valence-corrected chi connectivity index (χ1v) is 8.80. The van der Waals surface area contributed by atoms with Crippen molar-refractivity contribution in [2.75, 3.05) is 23.3 Å². The Morgan fingerprint density at radius 3 is 2.71 bits per heavy atom. The maximum absolute atomic E-state index is 13.8. The van der Waals surface area contributed by atoms with Gasteiger partial charge in [0.15, 0.2) is 11.6 Å². The fraction of sp³-hybridized carbons (Fsp3) is 0.278. The number of piperidine rings is 1. The summed E-state index contributed by atoms with van der Waals surface area (Å²) in [4.78, 5) is 18.4. The van der Waals surface area contributed by atoms with Crippen molar-refractivity contribution < 1.29 is 13.6 Å². The van der Waals surface area contributed by atoms with Crippen LogP contribution < -0.4 is 10.2 Å². The molecule has 8 nitrogen and oxygen atoms in total. The minimum Gasteiger partial charge on any atom is -0.354 e. The molecule has 0 radical (unpaired) electrons. The summed E-state index contributed by atoms with van der Waals surface area (Å²) >= 11 is 0. The van der Waals surface area contributed by atoms with Crippen molar-refractivity contribution in [3.05, 3.63) is 54.6 Å². The third-order valence-electron chi connectivity index (χ3n) is 4.59. The normalized spacial score (nSPS) is 16.8. The molecule has 1 atom stereocenters. The average Bonchev–Trinajstić information content (AvgIpc) is 3.26. The molecule has 144 valence electrons. The van der Waals surface area contributed by atoms with Gasteiger partial charge in [0.05, 0.1) is 11.6 Å². The molecular weight excluding hydrogens is 368 g/mol. The fourth-order valence-corrected chi connectivity index (χ4v) is 3.16. The molecular formula is C18H17F2N7O. The summed E-state index contributed by atoms with van der Waals surface area (Å²) in [6.07, 6.45) is 4.36. The van der Waals surface area contributed by atoms with Crippen LogP contribution in [0.1, 0.15) is 12.8 Å². The fourth-order valence-electron chi connectivity index (χ4n) is 3.16. The van der Waals surface area contributed by atoms with Gasteiger partial charge < -0.3 is 10.2 Å². The van der Waals surface area contributed by atoms with Crippen molar-refractivity contribution in [1.29, 1.82) is 0 Å². The monoisotopic (exact) mass is 385 g/mol. The van der Waals surface area contributed by atoms with Gasteiger partial charge >= 0.3 is 0 Å². The van der Waals surface area contributed by atoms with E-state index in [0.717, 1.165) is 31.2 Å². The first kappa shape index (κ1) is 18.0. The highest BCUT2D eigenvalue weighted by Crippen LogP contribution is 2.24. The molecule has 0 spiro atoms. The van der Waals surface area contributed by atoms with Crippen molar-refractivity contribution in [1.82, 2.24) is 25.0 Å². The number of carbonyl (C=O) groups is 1. The summed E-state index contributed by atoms with van der Waals surface area (Å²) in [5.41, 5.74) is -0.154. The number of nitrogens with zero attached hydrogens (tertiary/aromatic N) is 6. The SMILES string of the molecule is O=C(Nc1cc(F)ccc1F)C1CCCN(c2ccc(-n3cncn3)nn2)C1. The molecule has 1 N–H and O–H groups in total. The number of nitrogens with one attached hydrogen (secondary N) is 1. The van der Waals surface area contributed by atoms with Crippen LogP contribution in [-0.2, 0) is 4.79 Å². The van der Waals surface area contributed by atoms with Gasteiger partial charge in [0.25, 0.3) is 0 Å². The largest absolute Gasteiger partial charge is 0.354 e. The summed E-state index contributed by atoms with van der Waals surface area (Å²) < 4.78 is 28.6. The summed E-state index contributed by atoms with van der Waals surface area (Å²) in [6, 6.07) is 6.54. The van der Waals surface area contributed by atoms with Crippen LogP contribution in [0.15, 0.2) is 43.0 Å². The van der Waals surface area contributed by atoms with E-state index in [0.29, 0.717) is 24.6 Å². The molecule has 1 fully saturated rings. The number of hydrogen-bond acceptors (Lipinski definition) is 6. The molecule has 4 rings (SSSR count). The first-order chi connectivity index (χ1) is 13.6. The number of hydrogen-bond donors (Lipinski definition) is 1. The molecule has 1 amide bonds. The highest BCUT2D eigenvalue weighted by atomic mass is 19.1. The highest BCUT2D eigenvalue weighted by molar-refractivity contribution is 5.93. The Bertz CT molecular complexity index is 963. The average molecular weight is 385 g/mol. The van der Waals surface area contributed by atoms with Gasteiger partial charge in [-0.25, -0.2) is 18.4 Å². The second-order valence-corrected chi connectivity index (χ2v) is 6.49. The Morgan fingerprint density at radius 2 is 1.96 bits per heavy atom. The Kier molecular flexibility index (Phi) is 4.92. The predicted octanol–water partition coefficient (Wildman–Crippen LogP) is 2.19. The number of halogens is 2. The standard InChI is InChI=1S/C18H17F2N7O/c19-13-3-4-14(20)15(8-13)23-18(28)12-2-1-7-26(9-12)16-5-6-17(25-24-16)27-11-21-10-22-27/h3-6,8,10-12H,1-2,7,9H2,(H,23,28). The van der Waals surface area contributed by atoms with Gasteiger partial charge in [0.2, 0.25) is 5.91 Å². The summed E-state index contributed by atoms with van der Waals surface area (Å²) in [7, 11) is 0. The molecule has 3 aromatic rings. The molecule has 0 aliphatic carbocycles. The lowest BCUT2D eigenvalue weighted by Crippen LogP contribution is -2.41. The van der Waals surface area contributed by atoms with Crippen LogP contribution in [0.3, 0.4) is 0 Å². The van der Waals surface area contributed by atoms with E-state index >= 15 is 0 Å². The Balaban J connectivity index is 1.44. The van der Waals surface area contributed by atoms with Gasteiger partial charge in [-0.3, -0.25) is 4.79 Å². The molecule has 1 aliphatic rings. The van der Waals surface area contributed by atoms with Crippen molar-refractivity contribution in [2.24, 2.45) is 5.92 Å². The molecule has 10 heteroatoms. The molecule has 2 aromatic heterocycles. The number of anilines is 2. The summed E-state index contributed by atoms with van der Waals surface area (Å²) in [5.74, 6) is -0.816. The summed E-state index contributed by atoms with van der Waals surface area (Å²) in [6.45, 7) is 1.15. The highest BCUT2D eigenvalue weighted by Gasteiger charge is 2.27. The van der Waals surface area contributed by atoms with Crippen molar-refractivity contribution in [2.45, 2.75) is 12.8 Å². The van der Waals surface area contributed by atoms with Crippen LogP contribution in [0.5, 0.6) is 0 Å². The maximum atomic E-state index is 13.8. The van der Waals surface area contributed by atoms with E-state index < -0.39 is 11.6 Å². The van der Waals surface area contributed by atoms with Crippen molar-refractivity contribution in [3.8, 4) is 5.82 Å². The van der Waals surface area contributed by atoms with E-state index in [9.17, 15) is 13.6 Å². The smallest absolute Gasteiger partial charge is 0.229 e. The number of amides is 1. The van der Waals surface area contributed by atoms with Crippen LogP contribution in [0.25, 0.3) is 5.82 Å². The maximum Gasteiger partial charge on any atom is 0.229 e. The van der Waals surface area contributed by atoms with Gasteiger partial charge in [0, 0.05) is 19.2 Å². The molecule has 1 unspecified atom stereocenters. The lowest BCUT2D eigenvalue weighted by atomic mass is 9.97. The predicted molar refractivity (Wildman–Crippen MR) is 96.9 cm³/mol. The Morgan fingerprint density at radius 1 is 1.14 bits per heavy atom. The molecule has 1 aliphatic heterocycles. The molecule has 28 heavy (non-hydrogen) atoms. The zero-order valence-electron chi connectivity index (χ0n) is 14.8. The van der Waals surface area contributed by atoms with Gasteiger partial charge in [-0.1, -0.05) is 0 Å². The van der Waals surface area contributed by atoms with Gasteiger partial charge in [-0.05, 0) is 37.1 Å². The van der Waals surface area contributed by atoms with E-state index in [1.54, 1.807) is 12.1 Å². The van der Waals surface area contributed by atoms with Crippen LogP contribution in [-0.4, -0.2) is 44.0 Å². The quantitative estimate of drug-likeness (QED) is 0.741. The molecule has 3 heterocycles. The third kappa shape index (κ3) is 3.80. The second-order valence-electron chi connectivity index (χ2n) is 6.49. The minimum atomic E-state index is -0.669. The second kappa shape index (κ2) is 7.67. The number of aromatic nitrogens is 5. The van der Waals surface area contributed by atoms with E-state index in [1.807, 2.05) is 4.90 Å².